The van der Waals surface area contributed by atoms with Gasteiger partial charge in [0.2, 0.25) is 5.91 Å². The van der Waals surface area contributed by atoms with Crippen molar-refractivity contribution in [3.8, 4) is 0 Å². The molecule has 0 spiro atoms. The minimum atomic E-state index is -1.17. The Kier molecular flexibility index (Phi) is 4.99. The SMILES string of the molecule is CCc1ccc(NC(=O)CN2C(=O)N[C@@](C)(c3ccc(C)cc3)C2=O)cc1. The van der Waals surface area contributed by atoms with Crippen molar-refractivity contribution >= 4 is 23.5 Å². The average Bonchev–Trinajstić information content (AvgIpc) is 2.87. The lowest BCUT2D eigenvalue weighted by molar-refractivity contribution is -0.133. The van der Waals surface area contributed by atoms with Gasteiger partial charge in [0.25, 0.3) is 5.91 Å². The third-order valence-electron chi connectivity index (χ3n) is 4.85. The second-order valence-electron chi connectivity index (χ2n) is 6.91. The maximum absolute atomic E-state index is 12.9. The number of amides is 4. The fraction of sp³-hybridized carbons (Fsp3) is 0.286. The van der Waals surface area contributed by atoms with Gasteiger partial charge in [0.1, 0.15) is 12.1 Å². The van der Waals surface area contributed by atoms with Gasteiger partial charge in [0.15, 0.2) is 0 Å². The van der Waals surface area contributed by atoms with E-state index in [2.05, 4.69) is 17.6 Å². The number of anilines is 1. The predicted octanol–water partition coefficient (Wildman–Crippen LogP) is 2.96. The Morgan fingerprint density at radius 2 is 1.70 bits per heavy atom. The number of imide groups is 1. The molecular formula is C21H23N3O3. The average molecular weight is 365 g/mol. The van der Waals surface area contributed by atoms with E-state index in [1.165, 1.54) is 0 Å². The van der Waals surface area contributed by atoms with E-state index in [4.69, 9.17) is 0 Å². The van der Waals surface area contributed by atoms with Gasteiger partial charge in [-0.1, -0.05) is 48.9 Å². The number of carbonyl (C=O) groups excluding carboxylic acids is 3. The topological polar surface area (TPSA) is 78.5 Å². The maximum Gasteiger partial charge on any atom is 0.325 e. The summed E-state index contributed by atoms with van der Waals surface area (Å²) in [6.07, 6.45) is 0.911. The molecule has 1 fully saturated rings. The van der Waals surface area contributed by atoms with Gasteiger partial charge in [-0.2, -0.15) is 0 Å². The zero-order valence-corrected chi connectivity index (χ0v) is 15.7. The van der Waals surface area contributed by atoms with Crippen LogP contribution in [0.3, 0.4) is 0 Å². The first kappa shape index (κ1) is 18.6. The number of rotatable bonds is 5. The highest BCUT2D eigenvalue weighted by molar-refractivity contribution is 6.10. The Labute approximate surface area is 158 Å². The van der Waals surface area contributed by atoms with Gasteiger partial charge in [-0.3, -0.25) is 14.5 Å². The summed E-state index contributed by atoms with van der Waals surface area (Å²) in [7, 11) is 0. The number of carbonyl (C=O) groups is 3. The summed E-state index contributed by atoms with van der Waals surface area (Å²) in [5.74, 6) is -0.858. The van der Waals surface area contributed by atoms with Crippen LogP contribution in [-0.4, -0.2) is 29.3 Å². The lowest BCUT2D eigenvalue weighted by atomic mass is 9.91. The normalized spacial score (nSPS) is 19.1. The zero-order chi connectivity index (χ0) is 19.6. The lowest BCUT2D eigenvalue weighted by Gasteiger charge is -2.22. The van der Waals surface area contributed by atoms with Gasteiger partial charge >= 0.3 is 6.03 Å². The van der Waals surface area contributed by atoms with Crippen LogP contribution in [-0.2, 0) is 21.5 Å². The van der Waals surface area contributed by atoms with Crippen molar-refractivity contribution in [2.75, 3.05) is 11.9 Å². The number of hydrogen-bond donors (Lipinski definition) is 2. The van der Waals surface area contributed by atoms with Crippen molar-refractivity contribution in [3.05, 3.63) is 65.2 Å². The molecule has 6 heteroatoms. The zero-order valence-electron chi connectivity index (χ0n) is 15.7. The molecule has 1 saturated heterocycles. The van der Waals surface area contributed by atoms with E-state index in [0.29, 0.717) is 11.3 Å². The second-order valence-corrected chi connectivity index (χ2v) is 6.91. The molecule has 4 amide bonds. The van der Waals surface area contributed by atoms with E-state index >= 15 is 0 Å². The van der Waals surface area contributed by atoms with E-state index in [9.17, 15) is 14.4 Å². The van der Waals surface area contributed by atoms with Crippen molar-refractivity contribution in [3.63, 3.8) is 0 Å². The van der Waals surface area contributed by atoms with Crippen LogP contribution >= 0.6 is 0 Å². The summed E-state index contributed by atoms with van der Waals surface area (Å²) in [5.41, 5.74) is 2.36. The number of nitrogens with zero attached hydrogens (tertiary/aromatic N) is 1. The fourth-order valence-corrected chi connectivity index (χ4v) is 3.09. The van der Waals surface area contributed by atoms with Crippen molar-refractivity contribution in [1.29, 1.82) is 0 Å². The summed E-state index contributed by atoms with van der Waals surface area (Å²) < 4.78 is 0. The monoisotopic (exact) mass is 365 g/mol. The van der Waals surface area contributed by atoms with Crippen LogP contribution in [0.4, 0.5) is 10.5 Å². The molecule has 0 radical (unpaired) electrons. The van der Waals surface area contributed by atoms with E-state index in [0.717, 1.165) is 22.4 Å². The smallest absolute Gasteiger partial charge is 0.325 e. The van der Waals surface area contributed by atoms with Crippen molar-refractivity contribution < 1.29 is 14.4 Å². The molecule has 1 atom stereocenters. The molecule has 1 aliphatic rings. The minimum Gasteiger partial charge on any atom is -0.325 e. The number of urea groups is 1. The number of hydrogen-bond acceptors (Lipinski definition) is 3. The maximum atomic E-state index is 12.9. The molecule has 1 aliphatic heterocycles. The van der Waals surface area contributed by atoms with E-state index in [1.807, 2.05) is 43.3 Å². The van der Waals surface area contributed by atoms with Crippen molar-refractivity contribution in [2.24, 2.45) is 0 Å². The van der Waals surface area contributed by atoms with E-state index in [1.54, 1.807) is 19.1 Å². The number of aryl methyl sites for hydroxylation is 2. The summed E-state index contributed by atoms with van der Waals surface area (Å²) >= 11 is 0. The molecule has 1 heterocycles. The summed E-state index contributed by atoms with van der Waals surface area (Å²) in [5, 5.41) is 5.43. The Morgan fingerprint density at radius 1 is 1.07 bits per heavy atom. The number of nitrogens with one attached hydrogen (secondary N) is 2. The molecule has 0 aromatic heterocycles. The van der Waals surface area contributed by atoms with Crippen LogP contribution < -0.4 is 10.6 Å². The standard InChI is InChI=1S/C21H23N3O3/c1-4-15-7-11-17(12-8-15)22-18(25)13-24-19(26)21(3,23-20(24)27)16-9-5-14(2)6-10-16/h5-12H,4,13H2,1-3H3,(H,22,25)(H,23,27)/t21-/m0/s1. The van der Waals surface area contributed by atoms with Gasteiger partial charge in [-0.15, -0.1) is 0 Å². The molecule has 2 N–H and O–H groups in total. The third kappa shape index (κ3) is 3.69. The van der Waals surface area contributed by atoms with E-state index < -0.39 is 23.4 Å². The minimum absolute atomic E-state index is 0.332. The van der Waals surface area contributed by atoms with Crippen LogP contribution in [0.5, 0.6) is 0 Å². The van der Waals surface area contributed by atoms with Gasteiger partial charge in [0.05, 0.1) is 0 Å². The van der Waals surface area contributed by atoms with Crippen LogP contribution in [0.15, 0.2) is 48.5 Å². The molecular weight excluding hydrogens is 342 g/mol. The molecule has 0 bridgehead atoms. The van der Waals surface area contributed by atoms with Crippen molar-refractivity contribution in [2.45, 2.75) is 32.7 Å². The Morgan fingerprint density at radius 3 is 2.30 bits per heavy atom. The van der Waals surface area contributed by atoms with Crippen LogP contribution in [0.25, 0.3) is 0 Å². The van der Waals surface area contributed by atoms with Gasteiger partial charge < -0.3 is 10.6 Å². The lowest BCUT2D eigenvalue weighted by Crippen LogP contribution is -2.42. The molecule has 140 valence electrons. The molecule has 3 rings (SSSR count). The summed E-state index contributed by atoms with van der Waals surface area (Å²) in [6, 6.07) is 14.3. The quantitative estimate of drug-likeness (QED) is 0.800. The van der Waals surface area contributed by atoms with Crippen LogP contribution in [0.2, 0.25) is 0 Å². The van der Waals surface area contributed by atoms with Gasteiger partial charge in [-0.25, -0.2) is 4.79 Å². The highest BCUT2D eigenvalue weighted by Crippen LogP contribution is 2.29. The number of benzene rings is 2. The fourth-order valence-electron chi connectivity index (χ4n) is 3.09. The Hall–Kier alpha value is -3.15. The second kappa shape index (κ2) is 7.23. The van der Waals surface area contributed by atoms with Crippen LogP contribution in [0.1, 0.15) is 30.5 Å². The summed E-state index contributed by atoms with van der Waals surface area (Å²) in [4.78, 5) is 38.5. The Bertz CT molecular complexity index is 875. The summed E-state index contributed by atoms with van der Waals surface area (Å²) in [6.45, 7) is 5.32. The first-order valence-corrected chi connectivity index (χ1v) is 8.93. The molecule has 0 aliphatic carbocycles. The first-order valence-electron chi connectivity index (χ1n) is 8.93. The molecule has 27 heavy (non-hydrogen) atoms. The largest absolute Gasteiger partial charge is 0.325 e. The predicted molar refractivity (Wildman–Crippen MR) is 103 cm³/mol. The molecule has 6 nitrogen and oxygen atoms in total. The highest BCUT2D eigenvalue weighted by atomic mass is 16.2. The van der Waals surface area contributed by atoms with Crippen molar-refractivity contribution in [1.82, 2.24) is 10.2 Å². The van der Waals surface area contributed by atoms with Gasteiger partial charge in [-0.05, 0) is 43.5 Å². The third-order valence-corrected chi connectivity index (χ3v) is 4.85. The highest BCUT2D eigenvalue weighted by Gasteiger charge is 2.49. The molecule has 0 saturated carbocycles. The Balaban J connectivity index is 1.71. The van der Waals surface area contributed by atoms with Gasteiger partial charge in [0, 0.05) is 5.69 Å². The molecule has 2 aromatic carbocycles. The van der Waals surface area contributed by atoms with E-state index in [-0.39, 0.29) is 6.54 Å². The van der Waals surface area contributed by atoms with Crippen LogP contribution in [0, 0.1) is 6.92 Å². The molecule has 2 aromatic rings. The molecule has 0 unspecified atom stereocenters. The first-order chi connectivity index (χ1) is 12.8.